The van der Waals surface area contributed by atoms with Crippen LogP contribution in [-0.4, -0.2) is 0 Å². The van der Waals surface area contributed by atoms with Crippen molar-refractivity contribution in [1.29, 1.82) is 0 Å². The Morgan fingerprint density at radius 1 is 0.292 bits per heavy atom. The standard InChI is InChI=1S/C62H39NOS/c1-2-11-42(12-3-1)51-18-10-19-56-58-37-44(28-36-59(58)64-62(51)56)40-21-29-47(30-22-40)63(48-31-23-41(24-32-48)45-27-35-55-54-17-8-9-20-60(54)65-61(55)39-45)49-33-25-43(26-34-49)57-38-46-13-4-5-14-50(46)52-15-6-7-16-53(52)57/h1-39H. The number of rotatable bonds is 7. The van der Waals surface area contributed by atoms with Crippen LogP contribution < -0.4 is 4.90 Å². The summed E-state index contributed by atoms with van der Waals surface area (Å²) >= 11 is 1.86. The Balaban J connectivity index is 0.885. The van der Waals surface area contributed by atoms with Crippen molar-refractivity contribution in [2.75, 3.05) is 4.90 Å². The minimum atomic E-state index is 0.891. The van der Waals surface area contributed by atoms with Crippen molar-refractivity contribution in [1.82, 2.24) is 0 Å². The SMILES string of the molecule is c1ccc(-c2cccc3c2oc2ccc(-c4ccc(N(c5ccc(-c6ccc7c(c6)sc6ccccc67)cc5)c5ccc(-c6cc7ccccc7c7ccccc67)cc5)cc4)cc23)cc1. The van der Waals surface area contributed by atoms with E-state index in [4.69, 9.17) is 4.42 Å². The lowest BCUT2D eigenvalue weighted by Gasteiger charge is -2.26. The van der Waals surface area contributed by atoms with Gasteiger partial charge < -0.3 is 9.32 Å². The minimum absolute atomic E-state index is 0.891. The highest BCUT2D eigenvalue weighted by Crippen LogP contribution is 2.42. The molecule has 2 heterocycles. The zero-order chi connectivity index (χ0) is 42.8. The second-order valence-electron chi connectivity index (χ2n) is 16.8. The predicted molar refractivity (Wildman–Crippen MR) is 278 cm³/mol. The first-order valence-corrected chi connectivity index (χ1v) is 23.0. The molecule has 0 saturated carbocycles. The number of thiophene rings is 1. The van der Waals surface area contributed by atoms with Crippen LogP contribution in [0, 0.1) is 0 Å². The molecule has 0 unspecified atom stereocenters. The number of hydrogen-bond acceptors (Lipinski definition) is 3. The van der Waals surface area contributed by atoms with E-state index in [1.807, 2.05) is 17.4 Å². The average Bonchev–Trinajstić information content (AvgIpc) is 3.95. The zero-order valence-electron chi connectivity index (χ0n) is 35.3. The van der Waals surface area contributed by atoms with E-state index in [1.165, 1.54) is 64.0 Å². The minimum Gasteiger partial charge on any atom is -0.455 e. The summed E-state index contributed by atoms with van der Waals surface area (Å²) in [4.78, 5) is 2.36. The molecule has 0 aliphatic carbocycles. The van der Waals surface area contributed by atoms with E-state index >= 15 is 0 Å². The summed E-state index contributed by atoms with van der Waals surface area (Å²) in [6.07, 6.45) is 0. The molecule has 0 aliphatic heterocycles. The quantitative estimate of drug-likeness (QED) is 0.149. The maximum absolute atomic E-state index is 6.52. The Bertz CT molecular complexity index is 3920. The number of para-hydroxylation sites is 1. The summed E-state index contributed by atoms with van der Waals surface area (Å²) in [5.41, 5.74) is 14.5. The molecule has 0 fully saturated rings. The molecule has 2 aromatic heterocycles. The van der Waals surface area contributed by atoms with E-state index in [0.717, 1.165) is 61.3 Å². The van der Waals surface area contributed by atoms with Crippen LogP contribution in [0.3, 0.4) is 0 Å². The average molecular weight is 846 g/mol. The van der Waals surface area contributed by atoms with Crippen LogP contribution in [0.15, 0.2) is 241 Å². The Labute approximate surface area is 380 Å². The van der Waals surface area contributed by atoms with E-state index < -0.39 is 0 Å². The molecular weight excluding hydrogens is 807 g/mol. The highest BCUT2D eigenvalue weighted by molar-refractivity contribution is 7.25. The first kappa shape index (κ1) is 37.3. The molecule has 13 aromatic rings. The van der Waals surface area contributed by atoms with Crippen LogP contribution >= 0.6 is 11.3 Å². The molecule has 0 bridgehead atoms. The lowest BCUT2D eigenvalue weighted by molar-refractivity contribution is 0.670. The van der Waals surface area contributed by atoms with Crippen LogP contribution in [0.5, 0.6) is 0 Å². The van der Waals surface area contributed by atoms with E-state index in [9.17, 15) is 0 Å². The molecule has 0 atom stereocenters. The molecule has 0 amide bonds. The molecule has 0 radical (unpaired) electrons. The fourth-order valence-corrected chi connectivity index (χ4v) is 11.0. The van der Waals surface area contributed by atoms with Gasteiger partial charge in [-0.1, -0.05) is 170 Å². The number of benzene rings is 11. The fourth-order valence-electron chi connectivity index (χ4n) is 9.86. The summed E-state index contributed by atoms with van der Waals surface area (Å²) in [5, 5.41) is 9.94. The van der Waals surface area contributed by atoms with Gasteiger partial charge in [0.2, 0.25) is 0 Å². The lowest BCUT2D eigenvalue weighted by atomic mass is 9.93. The molecule has 11 aromatic carbocycles. The van der Waals surface area contributed by atoms with Crippen molar-refractivity contribution in [2.45, 2.75) is 0 Å². The second-order valence-corrected chi connectivity index (χ2v) is 17.9. The summed E-state index contributed by atoms with van der Waals surface area (Å²) in [6.45, 7) is 0. The molecule has 13 rings (SSSR count). The van der Waals surface area contributed by atoms with Gasteiger partial charge in [0.05, 0.1) is 0 Å². The van der Waals surface area contributed by atoms with Crippen molar-refractivity contribution in [3.05, 3.63) is 237 Å². The van der Waals surface area contributed by atoms with Gasteiger partial charge in [0, 0.05) is 53.6 Å². The van der Waals surface area contributed by atoms with Gasteiger partial charge in [-0.05, 0) is 127 Å². The first-order chi connectivity index (χ1) is 32.2. The number of furan rings is 1. The summed E-state index contributed by atoms with van der Waals surface area (Å²) in [6, 6.07) is 85.9. The topological polar surface area (TPSA) is 16.4 Å². The van der Waals surface area contributed by atoms with Crippen molar-refractivity contribution in [3.8, 4) is 44.5 Å². The molecule has 3 heteroatoms. The molecule has 0 saturated heterocycles. The Kier molecular flexibility index (Phi) is 8.75. The largest absolute Gasteiger partial charge is 0.455 e. The third-order valence-corrected chi connectivity index (χ3v) is 14.2. The summed E-state index contributed by atoms with van der Waals surface area (Å²) in [5.74, 6) is 0. The number of hydrogen-bond donors (Lipinski definition) is 0. The Morgan fingerprint density at radius 2 is 0.831 bits per heavy atom. The maximum atomic E-state index is 6.52. The van der Waals surface area contributed by atoms with Gasteiger partial charge in [-0.3, -0.25) is 0 Å². The lowest BCUT2D eigenvalue weighted by Crippen LogP contribution is -2.09. The van der Waals surface area contributed by atoms with Crippen molar-refractivity contribution in [2.24, 2.45) is 0 Å². The van der Waals surface area contributed by atoms with Gasteiger partial charge in [0.1, 0.15) is 11.2 Å². The highest BCUT2D eigenvalue weighted by atomic mass is 32.1. The molecule has 0 aliphatic rings. The van der Waals surface area contributed by atoms with Crippen LogP contribution in [0.25, 0.3) is 108 Å². The maximum Gasteiger partial charge on any atom is 0.143 e. The molecular formula is C62H39NOS. The van der Waals surface area contributed by atoms with Crippen LogP contribution in [0.1, 0.15) is 0 Å². The van der Waals surface area contributed by atoms with Crippen LogP contribution in [0.2, 0.25) is 0 Å². The van der Waals surface area contributed by atoms with Gasteiger partial charge in [-0.2, -0.15) is 0 Å². The molecule has 2 nitrogen and oxygen atoms in total. The van der Waals surface area contributed by atoms with E-state index in [0.29, 0.717) is 0 Å². The third-order valence-electron chi connectivity index (χ3n) is 13.1. The summed E-state index contributed by atoms with van der Waals surface area (Å²) in [7, 11) is 0. The first-order valence-electron chi connectivity index (χ1n) is 22.1. The Hall–Kier alpha value is -8.24. The fraction of sp³-hybridized carbons (Fsp3) is 0. The van der Waals surface area contributed by atoms with Crippen molar-refractivity contribution in [3.63, 3.8) is 0 Å². The molecule has 304 valence electrons. The highest BCUT2D eigenvalue weighted by Gasteiger charge is 2.17. The van der Waals surface area contributed by atoms with Gasteiger partial charge in [-0.25, -0.2) is 0 Å². The number of fused-ring (bicyclic) bond motifs is 9. The van der Waals surface area contributed by atoms with Crippen molar-refractivity contribution >= 4 is 92.1 Å². The number of nitrogens with zero attached hydrogens (tertiary/aromatic N) is 1. The molecule has 0 N–H and O–H groups in total. The molecule has 0 spiro atoms. The van der Waals surface area contributed by atoms with E-state index in [1.54, 1.807) is 0 Å². The predicted octanol–water partition coefficient (Wildman–Crippen LogP) is 18.4. The van der Waals surface area contributed by atoms with Gasteiger partial charge in [0.15, 0.2) is 0 Å². The van der Waals surface area contributed by atoms with Gasteiger partial charge in [-0.15, -0.1) is 11.3 Å². The molecule has 65 heavy (non-hydrogen) atoms. The van der Waals surface area contributed by atoms with E-state index in [-0.39, 0.29) is 0 Å². The zero-order valence-corrected chi connectivity index (χ0v) is 36.1. The van der Waals surface area contributed by atoms with Crippen molar-refractivity contribution < 1.29 is 4.42 Å². The third kappa shape index (κ3) is 6.39. The normalized spacial score (nSPS) is 11.7. The van der Waals surface area contributed by atoms with Gasteiger partial charge in [0.25, 0.3) is 0 Å². The van der Waals surface area contributed by atoms with Crippen LogP contribution in [-0.2, 0) is 0 Å². The van der Waals surface area contributed by atoms with Gasteiger partial charge >= 0.3 is 0 Å². The smallest absolute Gasteiger partial charge is 0.143 e. The monoisotopic (exact) mass is 845 g/mol. The Morgan fingerprint density at radius 3 is 1.57 bits per heavy atom. The van der Waals surface area contributed by atoms with E-state index in [2.05, 4.69) is 235 Å². The second kappa shape index (κ2) is 15.2. The van der Waals surface area contributed by atoms with Crippen LogP contribution in [0.4, 0.5) is 17.1 Å². The summed E-state index contributed by atoms with van der Waals surface area (Å²) < 4.78 is 9.15. The number of anilines is 3.